The summed E-state index contributed by atoms with van der Waals surface area (Å²) in [5, 5.41) is 9.93. The number of hydrogen-bond acceptors (Lipinski definition) is 3. The van der Waals surface area contributed by atoms with E-state index in [-0.39, 0.29) is 11.9 Å². The second-order valence-corrected chi connectivity index (χ2v) is 6.24. The number of anilines is 2. The Labute approximate surface area is 143 Å². The van der Waals surface area contributed by atoms with Crippen LogP contribution in [0, 0.1) is 5.82 Å². The maximum Gasteiger partial charge on any atom is 0.146 e. The van der Waals surface area contributed by atoms with Gasteiger partial charge in [-0.05, 0) is 43.2 Å². The molecule has 0 aromatic heterocycles. The molecule has 1 heterocycles. The monoisotopic (exact) mass is 325 g/mol. The molecule has 3 rings (SSSR count). The predicted octanol–water partition coefficient (Wildman–Crippen LogP) is 4.83. The zero-order valence-corrected chi connectivity index (χ0v) is 14.1. The lowest BCUT2D eigenvalue weighted by Crippen LogP contribution is -2.20. The largest absolute Gasteiger partial charge is 0.386 e. The van der Waals surface area contributed by atoms with Crippen LogP contribution in [-0.4, -0.2) is 6.04 Å². The molecule has 0 spiro atoms. The molecule has 126 valence electrons. The molecular formula is C20H24FN3. The van der Waals surface area contributed by atoms with Gasteiger partial charge in [-0.3, -0.25) is 0 Å². The summed E-state index contributed by atoms with van der Waals surface area (Å²) in [6, 6.07) is 15.6. The first-order chi connectivity index (χ1) is 11.7. The third kappa shape index (κ3) is 3.88. The number of halogens is 1. The molecule has 2 aromatic rings. The zero-order valence-electron chi connectivity index (χ0n) is 14.1. The summed E-state index contributed by atoms with van der Waals surface area (Å²) in [6.45, 7) is 4.23. The van der Waals surface area contributed by atoms with Crippen LogP contribution < -0.4 is 16.0 Å². The molecule has 2 atom stereocenters. The van der Waals surface area contributed by atoms with Crippen LogP contribution in [0.3, 0.4) is 0 Å². The molecule has 0 saturated heterocycles. The molecule has 3 N–H and O–H groups in total. The Kier molecular flexibility index (Phi) is 5.04. The average molecular weight is 325 g/mol. The van der Waals surface area contributed by atoms with Gasteiger partial charge in [0, 0.05) is 36.1 Å². The minimum Gasteiger partial charge on any atom is -0.386 e. The number of hydrogen-bond donors (Lipinski definition) is 3. The summed E-state index contributed by atoms with van der Waals surface area (Å²) >= 11 is 0. The van der Waals surface area contributed by atoms with E-state index in [0.717, 1.165) is 24.1 Å². The molecule has 0 fully saturated rings. The third-order valence-corrected chi connectivity index (χ3v) is 4.40. The lowest BCUT2D eigenvalue weighted by molar-refractivity contribution is 0.568. The van der Waals surface area contributed by atoms with E-state index in [1.807, 2.05) is 42.6 Å². The highest BCUT2D eigenvalue weighted by molar-refractivity contribution is 5.60. The van der Waals surface area contributed by atoms with Crippen molar-refractivity contribution < 1.29 is 4.39 Å². The molecule has 0 radical (unpaired) electrons. The van der Waals surface area contributed by atoms with Crippen molar-refractivity contribution in [3.8, 4) is 0 Å². The zero-order chi connectivity index (χ0) is 16.9. The number of benzene rings is 2. The Morgan fingerprint density at radius 2 is 2.00 bits per heavy atom. The van der Waals surface area contributed by atoms with Gasteiger partial charge in [0.05, 0.1) is 5.69 Å². The van der Waals surface area contributed by atoms with E-state index in [0.29, 0.717) is 11.7 Å². The summed E-state index contributed by atoms with van der Waals surface area (Å²) in [7, 11) is 0. The van der Waals surface area contributed by atoms with Crippen LogP contribution in [0.2, 0.25) is 0 Å². The molecule has 4 heteroatoms. The number of rotatable bonds is 6. The highest BCUT2D eigenvalue weighted by Crippen LogP contribution is 2.25. The van der Waals surface area contributed by atoms with Gasteiger partial charge in [0.15, 0.2) is 0 Å². The van der Waals surface area contributed by atoms with E-state index in [1.165, 1.54) is 5.70 Å². The van der Waals surface area contributed by atoms with E-state index in [4.69, 9.17) is 0 Å². The summed E-state index contributed by atoms with van der Waals surface area (Å²) in [5.41, 5.74) is 3.49. The van der Waals surface area contributed by atoms with E-state index < -0.39 is 0 Å². The first-order valence-corrected chi connectivity index (χ1v) is 8.49. The van der Waals surface area contributed by atoms with Gasteiger partial charge in [0.25, 0.3) is 0 Å². The molecular weight excluding hydrogens is 301 g/mol. The summed E-state index contributed by atoms with van der Waals surface area (Å²) in [5.74, 6) is -0.241. The fourth-order valence-electron chi connectivity index (χ4n) is 2.91. The molecule has 1 aliphatic rings. The number of para-hydroxylation sites is 1. The van der Waals surface area contributed by atoms with Crippen LogP contribution in [0.15, 0.2) is 60.4 Å². The molecule has 1 aliphatic heterocycles. The molecule has 0 bridgehead atoms. The first kappa shape index (κ1) is 16.4. The second-order valence-electron chi connectivity index (χ2n) is 6.24. The minimum atomic E-state index is -0.241. The molecule has 2 unspecified atom stereocenters. The van der Waals surface area contributed by atoms with E-state index in [1.54, 1.807) is 12.1 Å². The highest BCUT2D eigenvalue weighted by Gasteiger charge is 2.17. The van der Waals surface area contributed by atoms with Crippen LogP contribution in [0.4, 0.5) is 15.8 Å². The van der Waals surface area contributed by atoms with Crippen molar-refractivity contribution in [2.75, 3.05) is 5.32 Å². The van der Waals surface area contributed by atoms with Crippen molar-refractivity contribution in [3.05, 3.63) is 71.8 Å². The fraction of sp³-hybridized carbons (Fsp3) is 0.300. The SMILES string of the molecule is CCC1CC(NC(C)c2ccc(Nc3ccccc3)c(F)c2)=CN1. The van der Waals surface area contributed by atoms with Crippen LogP contribution in [0.25, 0.3) is 0 Å². The van der Waals surface area contributed by atoms with E-state index in [9.17, 15) is 4.39 Å². The average Bonchev–Trinajstić information content (AvgIpc) is 3.05. The Bertz CT molecular complexity index is 712. The summed E-state index contributed by atoms with van der Waals surface area (Å²) in [6.07, 6.45) is 4.13. The summed E-state index contributed by atoms with van der Waals surface area (Å²) in [4.78, 5) is 0. The van der Waals surface area contributed by atoms with Gasteiger partial charge < -0.3 is 16.0 Å². The van der Waals surface area contributed by atoms with Gasteiger partial charge in [-0.1, -0.05) is 31.2 Å². The Morgan fingerprint density at radius 1 is 1.21 bits per heavy atom. The topological polar surface area (TPSA) is 36.1 Å². The molecule has 0 saturated carbocycles. The molecule has 24 heavy (non-hydrogen) atoms. The van der Waals surface area contributed by atoms with Gasteiger partial charge in [-0.25, -0.2) is 4.39 Å². The lowest BCUT2D eigenvalue weighted by atomic mass is 10.1. The third-order valence-electron chi connectivity index (χ3n) is 4.40. The van der Waals surface area contributed by atoms with Crippen molar-refractivity contribution in [1.29, 1.82) is 0 Å². The van der Waals surface area contributed by atoms with Crippen molar-refractivity contribution in [3.63, 3.8) is 0 Å². The van der Waals surface area contributed by atoms with Crippen LogP contribution in [-0.2, 0) is 0 Å². The molecule has 2 aromatic carbocycles. The maximum absolute atomic E-state index is 14.4. The Morgan fingerprint density at radius 3 is 2.67 bits per heavy atom. The minimum absolute atomic E-state index is 0.0638. The molecule has 0 aliphatic carbocycles. The van der Waals surface area contributed by atoms with Crippen LogP contribution in [0.1, 0.15) is 38.3 Å². The van der Waals surface area contributed by atoms with Gasteiger partial charge >= 0.3 is 0 Å². The molecule has 3 nitrogen and oxygen atoms in total. The van der Waals surface area contributed by atoms with Gasteiger partial charge in [0.1, 0.15) is 5.82 Å². The molecule has 0 amide bonds. The number of nitrogens with one attached hydrogen (secondary N) is 3. The van der Waals surface area contributed by atoms with Gasteiger partial charge in [-0.15, -0.1) is 0 Å². The Balaban J connectivity index is 1.66. The van der Waals surface area contributed by atoms with Gasteiger partial charge in [0.2, 0.25) is 0 Å². The van der Waals surface area contributed by atoms with Crippen molar-refractivity contribution in [2.45, 2.75) is 38.8 Å². The van der Waals surface area contributed by atoms with Crippen molar-refractivity contribution in [2.24, 2.45) is 0 Å². The normalized spacial score (nSPS) is 17.8. The lowest BCUT2D eigenvalue weighted by Gasteiger charge is -2.18. The smallest absolute Gasteiger partial charge is 0.146 e. The quantitative estimate of drug-likeness (QED) is 0.712. The highest BCUT2D eigenvalue weighted by atomic mass is 19.1. The predicted molar refractivity (Wildman–Crippen MR) is 97.6 cm³/mol. The van der Waals surface area contributed by atoms with Crippen molar-refractivity contribution in [1.82, 2.24) is 10.6 Å². The second kappa shape index (κ2) is 7.39. The summed E-state index contributed by atoms with van der Waals surface area (Å²) < 4.78 is 14.4. The van der Waals surface area contributed by atoms with Gasteiger partial charge in [-0.2, -0.15) is 0 Å². The van der Waals surface area contributed by atoms with Crippen molar-refractivity contribution >= 4 is 11.4 Å². The standard InChI is InChI=1S/C20H24FN3/c1-3-16-12-18(13-22-16)23-14(2)15-9-10-20(19(21)11-15)24-17-7-5-4-6-8-17/h4-11,13-14,16,22-24H,3,12H2,1-2H3. The van der Waals surface area contributed by atoms with Crippen LogP contribution in [0.5, 0.6) is 0 Å². The maximum atomic E-state index is 14.4. The van der Waals surface area contributed by atoms with E-state index in [2.05, 4.69) is 29.8 Å². The fourth-order valence-corrected chi connectivity index (χ4v) is 2.91. The van der Waals surface area contributed by atoms with E-state index >= 15 is 0 Å². The van der Waals surface area contributed by atoms with Crippen LogP contribution >= 0.6 is 0 Å². The first-order valence-electron chi connectivity index (χ1n) is 8.49. The Hall–Kier alpha value is -2.49.